The van der Waals surface area contributed by atoms with Crippen LogP contribution in [0.3, 0.4) is 0 Å². The predicted octanol–water partition coefficient (Wildman–Crippen LogP) is 1.17. The Bertz CT molecular complexity index is 590. The van der Waals surface area contributed by atoms with E-state index < -0.39 is 5.97 Å². The van der Waals surface area contributed by atoms with Gasteiger partial charge in [-0.3, -0.25) is 9.69 Å². The molecule has 0 spiro atoms. The Balaban J connectivity index is 1.56. The Morgan fingerprint density at radius 1 is 1.30 bits per heavy atom. The first kappa shape index (κ1) is 12.8. The fourth-order valence-corrected chi connectivity index (χ4v) is 2.46. The molecule has 1 N–H and O–H groups in total. The summed E-state index contributed by atoms with van der Waals surface area (Å²) in [5.74, 6) is -0.443. The standard InChI is InChI=1S/C14H16N4O2/c19-14(20)6-11-8-17(9-11)10-12-7-15-18(16-12)13-4-2-1-3-5-13/h1-5,7,11H,6,8-10H2,(H,19,20). The number of benzene rings is 1. The van der Waals surface area contributed by atoms with Crippen molar-refractivity contribution in [2.24, 2.45) is 5.92 Å². The summed E-state index contributed by atoms with van der Waals surface area (Å²) < 4.78 is 0. The highest BCUT2D eigenvalue weighted by atomic mass is 16.4. The minimum Gasteiger partial charge on any atom is -0.481 e. The first-order chi connectivity index (χ1) is 9.70. The molecular weight excluding hydrogens is 256 g/mol. The second-order valence-electron chi connectivity index (χ2n) is 5.12. The van der Waals surface area contributed by atoms with Crippen LogP contribution in [0.15, 0.2) is 36.5 Å². The number of rotatable bonds is 5. The molecule has 1 aromatic heterocycles. The zero-order valence-electron chi connectivity index (χ0n) is 11.0. The number of likely N-dealkylation sites (tertiary alicyclic amines) is 1. The van der Waals surface area contributed by atoms with Gasteiger partial charge in [-0.15, -0.1) is 0 Å². The molecule has 1 aliphatic heterocycles. The van der Waals surface area contributed by atoms with Gasteiger partial charge in [0.25, 0.3) is 0 Å². The van der Waals surface area contributed by atoms with E-state index in [0.717, 1.165) is 31.0 Å². The molecule has 1 saturated heterocycles. The highest BCUT2D eigenvalue weighted by Gasteiger charge is 2.28. The summed E-state index contributed by atoms with van der Waals surface area (Å²) in [5.41, 5.74) is 1.84. The SMILES string of the molecule is O=C(O)CC1CN(Cc2cnn(-c3ccccc3)n2)C1. The summed E-state index contributed by atoms with van der Waals surface area (Å²) in [6.07, 6.45) is 2.02. The molecule has 2 aromatic rings. The van der Waals surface area contributed by atoms with E-state index in [0.29, 0.717) is 0 Å². The number of para-hydroxylation sites is 1. The van der Waals surface area contributed by atoms with Crippen LogP contribution < -0.4 is 0 Å². The summed E-state index contributed by atoms with van der Waals surface area (Å²) in [4.78, 5) is 14.4. The van der Waals surface area contributed by atoms with Crippen molar-refractivity contribution in [2.75, 3.05) is 13.1 Å². The number of nitrogens with zero attached hydrogens (tertiary/aromatic N) is 4. The molecular formula is C14H16N4O2. The molecule has 20 heavy (non-hydrogen) atoms. The molecule has 0 atom stereocenters. The Kier molecular flexibility index (Phi) is 3.47. The van der Waals surface area contributed by atoms with Crippen LogP contribution in [0.5, 0.6) is 0 Å². The smallest absolute Gasteiger partial charge is 0.303 e. The van der Waals surface area contributed by atoms with Gasteiger partial charge in [0.15, 0.2) is 0 Å². The van der Waals surface area contributed by atoms with E-state index in [1.54, 1.807) is 11.0 Å². The van der Waals surface area contributed by atoms with Gasteiger partial charge in [-0.2, -0.15) is 15.0 Å². The number of aromatic nitrogens is 3. The van der Waals surface area contributed by atoms with Crippen molar-refractivity contribution in [1.82, 2.24) is 19.9 Å². The molecule has 104 valence electrons. The van der Waals surface area contributed by atoms with Crippen LogP contribution in [0.1, 0.15) is 12.1 Å². The van der Waals surface area contributed by atoms with Crippen LogP contribution in [-0.4, -0.2) is 44.1 Å². The normalized spacial score (nSPS) is 16.0. The van der Waals surface area contributed by atoms with Crippen molar-refractivity contribution in [1.29, 1.82) is 0 Å². The lowest BCUT2D eigenvalue weighted by Gasteiger charge is -2.37. The zero-order valence-corrected chi connectivity index (χ0v) is 11.0. The number of aliphatic carboxylic acids is 1. The molecule has 1 aliphatic rings. The van der Waals surface area contributed by atoms with Crippen molar-refractivity contribution in [3.8, 4) is 5.69 Å². The van der Waals surface area contributed by atoms with Gasteiger partial charge in [-0.1, -0.05) is 18.2 Å². The maximum Gasteiger partial charge on any atom is 0.303 e. The van der Waals surface area contributed by atoms with Crippen LogP contribution in [0.4, 0.5) is 0 Å². The van der Waals surface area contributed by atoms with E-state index in [2.05, 4.69) is 15.1 Å². The molecule has 1 fully saturated rings. The van der Waals surface area contributed by atoms with Gasteiger partial charge in [-0.25, -0.2) is 0 Å². The van der Waals surface area contributed by atoms with Crippen LogP contribution in [0.25, 0.3) is 5.69 Å². The highest BCUT2D eigenvalue weighted by Crippen LogP contribution is 2.20. The molecule has 3 rings (SSSR count). The van der Waals surface area contributed by atoms with E-state index in [1.807, 2.05) is 30.3 Å². The summed E-state index contributed by atoms with van der Waals surface area (Å²) in [6, 6.07) is 9.76. The minimum atomic E-state index is -0.718. The Morgan fingerprint density at radius 2 is 2.05 bits per heavy atom. The summed E-state index contributed by atoms with van der Waals surface area (Å²) in [6.45, 7) is 2.37. The number of carboxylic acids is 1. The van der Waals surface area contributed by atoms with Gasteiger partial charge >= 0.3 is 5.97 Å². The van der Waals surface area contributed by atoms with Crippen LogP contribution in [-0.2, 0) is 11.3 Å². The molecule has 0 amide bonds. The van der Waals surface area contributed by atoms with E-state index in [9.17, 15) is 4.79 Å². The third-order valence-electron chi connectivity index (χ3n) is 3.41. The highest BCUT2D eigenvalue weighted by molar-refractivity contribution is 5.67. The minimum absolute atomic E-state index is 0.257. The van der Waals surface area contributed by atoms with Crippen molar-refractivity contribution in [3.63, 3.8) is 0 Å². The predicted molar refractivity (Wildman–Crippen MR) is 72.4 cm³/mol. The fraction of sp³-hybridized carbons (Fsp3) is 0.357. The number of carbonyl (C=O) groups is 1. The lowest BCUT2D eigenvalue weighted by molar-refractivity contribution is -0.139. The quantitative estimate of drug-likeness (QED) is 0.884. The average molecular weight is 272 g/mol. The maximum atomic E-state index is 10.6. The number of hydrogen-bond donors (Lipinski definition) is 1. The van der Waals surface area contributed by atoms with Crippen molar-refractivity contribution in [2.45, 2.75) is 13.0 Å². The average Bonchev–Trinajstić information content (AvgIpc) is 2.85. The Hall–Kier alpha value is -2.21. The lowest BCUT2D eigenvalue weighted by atomic mass is 9.96. The third-order valence-corrected chi connectivity index (χ3v) is 3.41. The molecule has 6 nitrogen and oxygen atoms in total. The van der Waals surface area contributed by atoms with Crippen molar-refractivity contribution in [3.05, 3.63) is 42.2 Å². The number of hydrogen-bond acceptors (Lipinski definition) is 4. The third kappa shape index (κ3) is 2.85. The molecule has 0 saturated carbocycles. The Morgan fingerprint density at radius 3 is 2.75 bits per heavy atom. The second kappa shape index (κ2) is 5.42. The van der Waals surface area contributed by atoms with E-state index in [-0.39, 0.29) is 12.3 Å². The first-order valence-electron chi connectivity index (χ1n) is 6.61. The summed E-state index contributed by atoms with van der Waals surface area (Å²) in [5, 5.41) is 17.4. The van der Waals surface area contributed by atoms with Gasteiger partial charge in [0.05, 0.1) is 24.0 Å². The molecule has 2 heterocycles. The van der Waals surface area contributed by atoms with Crippen molar-refractivity contribution < 1.29 is 9.90 Å². The topological polar surface area (TPSA) is 71.2 Å². The van der Waals surface area contributed by atoms with Crippen LogP contribution in [0.2, 0.25) is 0 Å². The van der Waals surface area contributed by atoms with Gasteiger partial charge in [0.2, 0.25) is 0 Å². The molecule has 6 heteroatoms. The molecule has 1 aromatic carbocycles. The van der Waals surface area contributed by atoms with E-state index in [4.69, 9.17) is 5.11 Å². The van der Waals surface area contributed by atoms with E-state index in [1.165, 1.54) is 0 Å². The van der Waals surface area contributed by atoms with Crippen LogP contribution in [0, 0.1) is 5.92 Å². The van der Waals surface area contributed by atoms with Crippen molar-refractivity contribution >= 4 is 5.97 Å². The molecule has 0 aliphatic carbocycles. The summed E-state index contributed by atoms with van der Waals surface area (Å²) in [7, 11) is 0. The lowest BCUT2D eigenvalue weighted by Crippen LogP contribution is -2.46. The fourth-order valence-electron chi connectivity index (χ4n) is 2.46. The maximum absolute atomic E-state index is 10.6. The second-order valence-corrected chi connectivity index (χ2v) is 5.12. The summed E-state index contributed by atoms with van der Waals surface area (Å²) >= 11 is 0. The first-order valence-corrected chi connectivity index (χ1v) is 6.61. The molecule has 0 radical (unpaired) electrons. The molecule has 0 unspecified atom stereocenters. The monoisotopic (exact) mass is 272 g/mol. The van der Waals surface area contributed by atoms with Gasteiger partial charge in [0.1, 0.15) is 0 Å². The Labute approximate surface area is 116 Å². The molecule has 0 bridgehead atoms. The van der Waals surface area contributed by atoms with Gasteiger partial charge in [0, 0.05) is 19.6 Å². The van der Waals surface area contributed by atoms with E-state index >= 15 is 0 Å². The van der Waals surface area contributed by atoms with Crippen LogP contribution >= 0.6 is 0 Å². The largest absolute Gasteiger partial charge is 0.481 e. The van der Waals surface area contributed by atoms with Gasteiger partial charge in [-0.05, 0) is 18.1 Å². The number of carboxylic acid groups (broad SMARTS) is 1. The van der Waals surface area contributed by atoms with Gasteiger partial charge < -0.3 is 5.11 Å². The zero-order chi connectivity index (χ0) is 13.9.